The summed E-state index contributed by atoms with van der Waals surface area (Å²) in [6.07, 6.45) is -0.980. The highest BCUT2D eigenvalue weighted by Crippen LogP contribution is 2.24. The molecule has 1 aliphatic rings. The van der Waals surface area contributed by atoms with E-state index in [-0.39, 0.29) is 24.8 Å². The molecule has 3 rings (SSSR count). The lowest BCUT2D eigenvalue weighted by molar-refractivity contribution is -0.154. The van der Waals surface area contributed by atoms with Crippen LogP contribution in [0.4, 0.5) is 0 Å². The van der Waals surface area contributed by atoms with Crippen LogP contribution in [0, 0.1) is 13.8 Å². The van der Waals surface area contributed by atoms with Crippen molar-refractivity contribution in [2.75, 3.05) is 19.7 Å². The van der Waals surface area contributed by atoms with Crippen molar-refractivity contribution in [1.29, 1.82) is 0 Å². The molecule has 0 bridgehead atoms. The Hall–Kier alpha value is -2.34. The Morgan fingerprint density at radius 2 is 1.95 bits per heavy atom. The maximum atomic E-state index is 12.5. The van der Waals surface area contributed by atoms with E-state index in [1.165, 1.54) is 4.90 Å². The highest BCUT2D eigenvalue weighted by molar-refractivity contribution is 5.96. The second kappa shape index (κ2) is 5.46. The highest BCUT2D eigenvalue weighted by Gasteiger charge is 2.30. The molecule has 0 aliphatic carbocycles. The first-order valence-corrected chi connectivity index (χ1v) is 7.10. The second-order valence-corrected chi connectivity index (χ2v) is 5.53. The molecule has 0 radical (unpaired) electrons. The highest BCUT2D eigenvalue weighted by atomic mass is 16.5. The van der Waals surface area contributed by atoms with Crippen molar-refractivity contribution in [3.63, 3.8) is 0 Å². The van der Waals surface area contributed by atoms with E-state index in [1.807, 2.05) is 26.0 Å². The number of carboxylic acid groups (broad SMARTS) is 1. The van der Waals surface area contributed by atoms with Gasteiger partial charge in [0, 0.05) is 11.9 Å². The summed E-state index contributed by atoms with van der Waals surface area (Å²) in [6, 6.07) is 5.58. The van der Waals surface area contributed by atoms with E-state index < -0.39 is 12.1 Å². The molecule has 1 atom stereocenters. The predicted octanol–water partition coefficient (Wildman–Crippen LogP) is 1.98. The number of carboxylic acids is 1. The van der Waals surface area contributed by atoms with Crippen molar-refractivity contribution in [1.82, 2.24) is 4.90 Å². The number of hydrogen-bond donors (Lipinski definition) is 1. The van der Waals surface area contributed by atoms with Crippen LogP contribution >= 0.6 is 0 Å². The Morgan fingerprint density at radius 1 is 1.23 bits per heavy atom. The Kier molecular flexibility index (Phi) is 3.62. The van der Waals surface area contributed by atoms with Gasteiger partial charge in [-0.05, 0) is 43.2 Å². The fraction of sp³-hybridized carbons (Fsp3) is 0.375. The first kappa shape index (κ1) is 14.6. The number of aryl methyl sites for hydroxylation is 2. The van der Waals surface area contributed by atoms with Gasteiger partial charge in [0.15, 0.2) is 11.9 Å². The summed E-state index contributed by atoms with van der Waals surface area (Å²) in [4.78, 5) is 24.9. The number of carbonyl (C=O) groups excluding carboxylic acids is 1. The van der Waals surface area contributed by atoms with Crippen LogP contribution in [-0.4, -0.2) is 47.7 Å². The molecule has 2 heterocycles. The number of nitrogens with zero attached hydrogens (tertiary/aromatic N) is 1. The average molecular weight is 303 g/mol. The number of hydrogen-bond acceptors (Lipinski definition) is 4. The van der Waals surface area contributed by atoms with Crippen LogP contribution in [0.25, 0.3) is 11.0 Å². The van der Waals surface area contributed by atoms with E-state index in [1.54, 1.807) is 6.07 Å². The SMILES string of the molecule is Cc1cc2cc(C(=O)N3CCO[C@@H](C(=O)O)C3)oc2cc1C. The maximum absolute atomic E-state index is 12.5. The number of fused-ring (bicyclic) bond motifs is 1. The predicted molar refractivity (Wildman–Crippen MR) is 79.0 cm³/mol. The first-order valence-electron chi connectivity index (χ1n) is 7.10. The number of amides is 1. The van der Waals surface area contributed by atoms with E-state index >= 15 is 0 Å². The van der Waals surface area contributed by atoms with E-state index in [0.717, 1.165) is 16.5 Å². The molecule has 6 heteroatoms. The Bertz CT molecular complexity index is 709. The van der Waals surface area contributed by atoms with Gasteiger partial charge >= 0.3 is 5.97 Å². The van der Waals surface area contributed by atoms with Crippen LogP contribution in [-0.2, 0) is 9.53 Å². The lowest BCUT2D eigenvalue weighted by Gasteiger charge is -2.30. The third-order valence-corrected chi connectivity index (χ3v) is 3.97. The lowest BCUT2D eigenvalue weighted by Crippen LogP contribution is -2.48. The number of aliphatic carboxylic acids is 1. The molecule has 1 aromatic carbocycles. The van der Waals surface area contributed by atoms with Crippen molar-refractivity contribution >= 4 is 22.8 Å². The van der Waals surface area contributed by atoms with Crippen LogP contribution in [0.1, 0.15) is 21.7 Å². The monoisotopic (exact) mass is 303 g/mol. The Morgan fingerprint density at radius 3 is 2.68 bits per heavy atom. The van der Waals surface area contributed by atoms with Crippen LogP contribution in [0.3, 0.4) is 0 Å². The summed E-state index contributed by atoms with van der Waals surface area (Å²) in [7, 11) is 0. The summed E-state index contributed by atoms with van der Waals surface area (Å²) >= 11 is 0. The second-order valence-electron chi connectivity index (χ2n) is 5.53. The molecule has 0 spiro atoms. The summed E-state index contributed by atoms with van der Waals surface area (Å²) in [5.41, 5.74) is 2.89. The van der Waals surface area contributed by atoms with E-state index in [4.69, 9.17) is 14.3 Å². The standard InChI is InChI=1S/C16H17NO5/c1-9-5-11-7-13(22-12(11)6-10(9)2)15(18)17-3-4-21-14(8-17)16(19)20/h5-7,14H,3-4,8H2,1-2H3,(H,19,20)/t14-/m1/s1. The zero-order chi connectivity index (χ0) is 15.9. The lowest BCUT2D eigenvalue weighted by atomic mass is 10.1. The minimum absolute atomic E-state index is 0.0310. The molecule has 6 nitrogen and oxygen atoms in total. The molecular formula is C16H17NO5. The van der Waals surface area contributed by atoms with E-state index in [0.29, 0.717) is 12.1 Å². The van der Waals surface area contributed by atoms with Gasteiger partial charge in [0.1, 0.15) is 5.58 Å². The number of carbonyl (C=O) groups is 2. The van der Waals surface area contributed by atoms with Gasteiger partial charge in [0.2, 0.25) is 0 Å². The fourth-order valence-electron chi connectivity index (χ4n) is 2.55. The van der Waals surface area contributed by atoms with Crippen molar-refractivity contribution < 1.29 is 23.8 Å². The third-order valence-electron chi connectivity index (χ3n) is 3.97. The Labute approximate surface area is 127 Å². The van der Waals surface area contributed by atoms with Crippen LogP contribution in [0.5, 0.6) is 0 Å². The van der Waals surface area contributed by atoms with Crippen LogP contribution < -0.4 is 0 Å². The topological polar surface area (TPSA) is 80.0 Å². The molecule has 0 saturated carbocycles. The van der Waals surface area contributed by atoms with Crippen molar-refractivity contribution in [2.45, 2.75) is 20.0 Å². The van der Waals surface area contributed by atoms with E-state index in [9.17, 15) is 9.59 Å². The summed E-state index contributed by atoms with van der Waals surface area (Å²) in [5, 5.41) is 9.87. The maximum Gasteiger partial charge on any atom is 0.334 e. The third kappa shape index (κ3) is 2.57. The number of furan rings is 1. The van der Waals surface area contributed by atoms with Gasteiger partial charge in [0.25, 0.3) is 5.91 Å². The molecular weight excluding hydrogens is 286 g/mol. The number of ether oxygens (including phenoxy) is 1. The molecule has 1 amide bonds. The number of morpholine rings is 1. The van der Waals surface area contributed by atoms with Crippen molar-refractivity contribution in [3.05, 3.63) is 35.1 Å². The number of rotatable bonds is 2. The number of benzene rings is 1. The van der Waals surface area contributed by atoms with Gasteiger partial charge in [-0.25, -0.2) is 4.79 Å². The molecule has 116 valence electrons. The molecule has 1 aliphatic heterocycles. The van der Waals surface area contributed by atoms with Crippen LogP contribution in [0.15, 0.2) is 22.6 Å². The zero-order valence-corrected chi connectivity index (χ0v) is 12.5. The van der Waals surface area contributed by atoms with Gasteiger partial charge in [-0.15, -0.1) is 0 Å². The summed E-state index contributed by atoms with van der Waals surface area (Å²) < 4.78 is 10.8. The van der Waals surface area contributed by atoms with Gasteiger partial charge < -0.3 is 19.2 Å². The molecule has 22 heavy (non-hydrogen) atoms. The normalized spacial score (nSPS) is 18.6. The first-order chi connectivity index (χ1) is 10.5. The summed E-state index contributed by atoms with van der Waals surface area (Å²) in [5.74, 6) is -1.14. The summed E-state index contributed by atoms with van der Waals surface area (Å²) in [6.45, 7) is 4.59. The molecule has 1 aromatic heterocycles. The fourth-order valence-corrected chi connectivity index (χ4v) is 2.55. The molecule has 1 fully saturated rings. The quantitative estimate of drug-likeness (QED) is 0.917. The Balaban J connectivity index is 1.87. The van der Waals surface area contributed by atoms with E-state index in [2.05, 4.69) is 0 Å². The largest absolute Gasteiger partial charge is 0.479 e. The van der Waals surface area contributed by atoms with Crippen molar-refractivity contribution in [2.24, 2.45) is 0 Å². The average Bonchev–Trinajstić information content (AvgIpc) is 2.89. The zero-order valence-electron chi connectivity index (χ0n) is 12.5. The molecule has 1 saturated heterocycles. The minimum atomic E-state index is -1.06. The van der Waals surface area contributed by atoms with Crippen LogP contribution in [0.2, 0.25) is 0 Å². The molecule has 1 N–H and O–H groups in total. The van der Waals surface area contributed by atoms with Gasteiger partial charge in [-0.3, -0.25) is 4.79 Å². The van der Waals surface area contributed by atoms with Gasteiger partial charge in [-0.1, -0.05) is 0 Å². The minimum Gasteiger partial charge on any atom is -0.479 e. The molecule has 2 aromatic rings. The van der Waals surface area contributed by atoms with Gasteiger partial charge in [0.05, 0.1) is 13.2 Å². The van der Waals surface area contributed by atoms with Gasteiger partial charge in [-0.2, -0.15) is 0 Å². The van der Waals surface area contributed by atoms with Crippen molar-refractivity contribution in [3.8, 4) is 0 Å². The smallest absolute Gasteiger partial charge is 0.334 e. The molecule has 0 unspecified atom stereocenters.